The Balaban J connectivity index is 1.89. The fourth-order valence-electron chi connectivity index (χ4n) is 2.02. The number of rotatable bonds is 4. The van der Waals surface area contributed by atoms with Crippen molar-refractivity contribution in [3.8, 4) is 11.5 Å². The predicted octanol–water partition coefficient (Wildman–Crippen LogP) is 5.09. The fraction of sp³-hybridized carbons (Fsp3) is 0.200. The van der Waals surface area contributed by atoms with E-state index in [0.717, 1.165) is 25.0 Å². The molecule has 1 atom stereocenters. The number of nitrogens with one attached hydrogen (secondary N) is 1. The summed E-state index contributed by atoms with van der Waals surface area (Å²) in [4.78, 5) is 0.425. The van der Waals surface area contributed by atoms with Gasteiger partial charge in [-0.15, -0.1) is 0 Å². The molecule has 1 fully saturated rings. The topological polar surface area (TPSA) is 50.2 Å². The zero-order valence-electron chi connectivity index (χ0n) is 11.3. The molecule has 3 rings (SSSR count). The molecule has 2 aromatic rings. The van der Waals surface area contributed by atoms with Gasteiger partial charge in [0.05, 0.1) is 14.2 Å². The number of hydrogen-bond donors (Lipinski definition) is 1. The lowest BCUT2D eigenvalue weighted by Crippen LogP contribution is -2.05. The molecule has 0 aliphatic heterocycles. The molecule has 2 aromatic carbocycles. The molecule has 1 aliphatic carbocycles. The van der Waals surface area contributed by atoms with Crippen molar-refractivity contribution in [1.29, 1.82) is 4.78 Å². The van der Waals surface area contributed by atoms with Crippen LogP contribution in [0.15, 0.2) is 45.8 Å². The van der Waals surface area contributed by atoms with Crippen LogP contribution in [-0.4, -0.2) is 9.46 Å². The summed E-state index contributed by atoms with van der Waals surface area (Å²) < 4.78 is 52.7. The van der Waals surface area contributed by atoms with E-state index in [0.29, 0.717) is 15.1 Å². The van der Waals surface area contributed by atoms with Gasteiger partial charge in [0, 0.05) is 16.2 Å². The Hall–Kier alpha value is -1.47. The van der Waals surface area contributed by atoms with E-state index in [9.17, 15) is 13.0 Å². The van der Waals surface area contributed by atoms with Crippen molar-refractivity contribution in [3.63, 3.8) is 0 Å². The highest BCUT2D eigenvalue weighted by atomic mass is 79.9. The summed E-state index contributed by atoms with van der Waals surface area (Å²) in [5.41, 5.74) is 0. The van der Waals surface area contributed by atoms with E-state index >= 15 is 0 Å². The van der Waals surface area contributed by atoms with Crippen LogP contribution in [0.25, 0.3) is 0 Å². The molecule has 1 unspecified atom stereocenters. The van der Waals surface area contributed by atoms with Gasteiger partial charge >= 0.3 is 0 Å². The van der Waals surface area contributed by atoms with Gasteiger partial charge in [-0.25, -0.2) is 17.8 Å². The van der Waals surface area contributed by atoms with Crippen molar-refractivity contribution < 1.29 is 17.7 Å². The summed E-state index contributed by atoms with van der Waals surface area (Å²) in [6.07, 6.45) is 1.61. The Morgan fingerprint density at radius 1 is 1.14 bits per heavy atom. The van der Waals surface area contributed by atoms with Crippen molar-refractivity contribution in [2.75, 3.05) is 0 Å². The third-order valence-electron chi connectivity index (χ3n) is 3.36. The molecule has 0 amide bonds. The molecule has 0 aromatic heterocycles. The van der Waals surface area contributed by atoms with Gasteiger partial charge in [0.15, 0.2) is 11.6 Å². The molecule has 116 valence electrons. The SMILES string of the molecule is N=S(=O)(c1ccc(Oc2ccc(F)cc2F)c(Br)c1)C1CC1. The largest absolute Gasteiger partial charge is 0.453 e. The number of ether oxygens (including phenoxy) is 1. The van der Waals surface area contributed by atoms with E-state index in [4.69, 9.17) is 9.52 Å². The summed E-state index contributed by atoms with van der Waals surface area (Å²) in [6, 6.07) is 7.67. The minimum atomic E-state index is -2.80. The normalized spacial score (nSPS) is 17.0. The maximum Gasteiger partial charge on any atom is 0.168 e. The summed E-state index contributed by atoms with van der Waals surface area (Å²) in [5.74, 6) is -1.29. The van der Waals surface area contributed by atoms with Crippen molar-refractivity contribution in [3.05, 3.63) is 52.5 Å². The number of hydrogen-bond acceptors (Lipinski definition) is 3. The first-order chi connectivity index (χ1) is 10.4. The van der Waals surface area contributed by atoms with Gasteiger partial charge in [0.1, 0.15) is 11.6 Å². The van der Waals surface area contributed by atoms with E-state index in [1.54, 1.807) is 12.1 Å². The standard InChI is InChI=1S/C15H12BrF2NO2S/c16-12-8-11(22(19,20)10-2-3-10)4-6-14(12)21-15-5-1-9(17)7-13(15)18/h1,4-8,10,19H,2-3H2. The molecule has 1 saturated carbocycles. The first-order valence-corrected chi connectivity index (χ1v) is 8.99. The predicted molar refractivity (Wildman–Crippen MR) is 82.7 cm³/mol. The Kier molecular flexibility index (Phi) is 3.94. The van der Waals surface area contributed by atoms with Gasteiger partial charge < -0.3 is 4.74 Å². The summed E-state index contributed by atoms with van der Waals surface area (Å²) in [5, 5.41) is -0.0827. The zero-order valence-corrected chi connectivity index (χ0v) is 13.7. The molecule has 0 radical (unpaired) electrons. The highest BCUT2D eigenvalue weighted by Crippen LogP contribution is 2.38. The van der Waals surface area contributed by atoms with Gasteiger partial charge in [0.25, 0.3) is 0 Å². The fourth-order valence-corrected chi connectivity index (χ4v) is 4.38. The van der Waals surface area contributed by atoms with Crippen LogP contribution in [-0.2, 0) is 9.73 Å². The van der Waals surface area contributed by atoms with E-state index in [2.05, 4.69) is 15.9 Å². The maximum absolute atomic E-state index is 13.6. The van der Waals surface area contributed by atoms with Crippen LogP contribution in [0, 0.1) is 16.4 Å². The first kappa shape index (κ1) is 15.4. The Morgan fingerprint density at radius 3 is 2.41 bits per heavy atom. The lowest BCUT2D eigenvalue weighted by molar-refractivity contribution is 0.435. The second-order valence-corrected chi connectivity index (χ2v) is 8.26. The molecule has 1 aliphatic rings. The lowest BCUT2D eigenvalue weighted by atomic mass is 10.3. The van der Waals surface area contributed by atoms with Crippen molar-refractivity contribution in [2.24, 2.45) is 0 Å². The molecule has 7 heteroatoms. The molecule has 1 N–H and O–H groups in total. The Labute approximate surface area is 135 Å². The van der Waals surface area contributed by atoms with E-state index in [1.165, 1.54) is 12.1 Å². The van der Waals surface area contributed by atoms with Gasteiger partial charge in [-0.1, -0.05) is 0 Å². The highest BCUT2D eigenvalue weighted by Gasteiger charge is 2.34. The average molecular weight is 388 g/mol. The highest BCUT2D eigenvalue weighted by molar-refractivity contribution is 9.10. The summed E-state index contributed by atoms with van der Waals surface area (Å²) >= 11 is 3.28. The van der Waals surface area contributed by atoms with Crippen LogP contribution < -0.4 is 4.74 Å². The Morgan fingerprint density at radius 2 is 1.82 bits per heavy atom. The molecule has 3 nitrogen and oxygen atoms in total. The van der Waals surface area contributed by atoms with E-state index < -0.39 is 21.4 Å². The van der Waals surface area contributed by atoms with Crippen LogP contribution in [0.2, 0.25) is 0 Å². The number of benzene rings is 2. The Bertz CT molecular complexity index is 835. The first-order valence-electron chi connectivity index (χ1n) is 6.58. The van der Waals surface area contributed by atoms with Crippen LogP contribution in [0.4, 0.5) is 8.78 Å². The molecule has 0 spiro atoms. The van der Waals surface area contributed by atoms with E-state index in [1.807, 2.05) is 0 Å². The molecule has 0 bridgehead atoms. The third-order valence-corrected chi connectivity index (χ3v) is 6.35. The second-order valence-electron chi connectivity index (χ2n) is 5.07. The average Bonchev–Trinajstić information content (AvgIpc) is 3.28. The van der Waals surface area contributed by atoms with E-state index in [-0.39, 0.29) is 11.0 Å². The van der Waals surface area contributed by atoms with Gasteiger partial charge in [-0.05, 0) is 59.1 Å². The molecular formula is C15H12BrF2NO2S. The smallest absolute Gasteiger partial charge is 0.168 e. The quantitative estimate of drug-likeness (QED) is 0.794. The van der Waals surface area contributed by atoms with Crippen molar-refractivity contribution >= 4 is 25.7 Å². The number of halogens is 3. The van der Waals surface area contributed by atoms with Crippen molar-refractivity contribution in [1.82, 2.24) is 0 Å². The lowest BCUT2D eigenvalue weighted by Gasteiger charge is -2.11. The van der Waals surface area contributed by atoms with Crippen LogP contribution in [0.1, 0.15) is 12.8 Å². The van der Waals surface area contributed by atoms with Crippen molar-refractivity contribution in [2.45, 2.75) is 23.0 Å². The van der Waals surface area contributed by atoms with Gasteiger partial charge in [-0.3, -0.25) is 0 Å². The maximum atomic E-state index is 13.6. The second kappa shape index (κ2) is 5.62. The molecule has 22 heavy (non-hydrogen) atoms. The molecule has 0 heterocycles. The zero-order chi connectivity index (χ0) is 15.9. The molecule has 0 saturated heterocycles. The monoisotopic (exact) mass is 387 g/mol. The molecular weight excluding hydrogens is 376 g/mol. The minimum absolute atomic E-state index is 0.0827. The van der Waals surface area contributed by atoms with Crippen LogP contribution >= 0.6 is 15.9 Å². The van der Waals surface area contributed by atoms with Gasteiger partial charge in [-0.2, -0.15) is 0 Å². The third kappa shape index (κ3) is 3.01. The summed E-state index contributed by atoms with van der Waals surface area (Å²) in [7, 11) is -2.80. The summed E-state index contributed by atoms with van der Waals surface area (Å²) in [6.45, 7) is 0. The van der Waals surface area contributed by atoms with Crippen LogP contribution in [0.3, 0.4) is 0 Å². The van der Waals surface area contributed by atoms with Crippen LogP contribution in [0.5, 0.6) is 11.5 Å². The van der Waals surface area contributed by atoms with Gasteiger partial charge in [0.2, 0.25) is 0 Å². The minimum Gasteiger partial charge on any atom is -0.453 e.